The Morgan fingerprint density at radius 1 is 0.234 bits per heavy atom. The van der Waals surface area contributed by atoms with Crippen LogP contribution in [0.4, 0.5) is 0 Å². The van der Waals surface area contributed by atoms with Gasteiger partial charge in [-0.15, -0.1) is 0 Å². The van der Waals surface area contributed by atoms with Crippen LogP contribution in [0.5, 0.6) is 0 Å². The van der Waals surface area contributed by atoms with Crippen molar-refractivity contribution in [1.29, 1.82) is 0 Å². The summed E-state index contributed by atoms with van der Waals surface area (Å²) in [7, 11) is 0. The lowest BCUT2D eigenvalue weighted by atomic mass is 9.88. The van der Waals surface area contributed by atoms with E-state index in [1.807, 2.05) is 62.3 Å². The van der Waals surface area contributed by atoms with Gasteiger partial charge in [-0.2, -0.15) is 0 Å². The van der Waals surface area contributed by atoms with Crippen molar-refractivity contribution < 1.29 is 14.4 Å². The van der Waals surface area contributed by atoms with Gasteiger partial charge in [-0.25, -0.2) is 0 Å². The SMILES string of the molecule is CC/C=C\C/C=C\C/C=C\C/C=C\C/C=C\C/C=C\CCC(=O)C(C)(C)C.CCCCC/C=C\C/C=C\CCCCCCCC(=O)C(C)(C)C.CCCCCCCCCCCCCCCCCCCCCC(=O)C(C)(C)C. The number of unbranched alkanes of at least 4 members (excludes halogenated alkanes) is 26. The van der Waals surface area contributed by atoms with E-state index in [0.717, 1.165) is 77.0 Å². The Labute approximate surface area is 482 Å². The second-order valence-corrected chi connectivity index (χ2v) is 25.1. The molecule has 0 heterocycles. The normalized spacial score (nSPS) is 12.7. The van der Waals surface area contributed by atoms with E-state index in [1.165, 1.54) is 173 Å². The van der Waals surface area contributed by atoms with Crippen LogP contribution in [0.25, 0.3) is 0 Å². The van der Waals surface area contributed by atoms with Gasteiger partial charge >= 0.3 is 0 Å². The quantitative estimate of drug-likeness (QED) is 0.0451. The van der Waals surface area contributed by atoms with Gasteiger partial charge in [-0.3, -0.25) is 14.4 Å². The van der Waals surface area contributed by atoms with Crippen LogP contribution < -0.4 is 0 Å². The number of carbonyl (C=O) groups is 3. The van der Waals surface area contributed by atoms with Crippen molar-refractivity contribution in [3.8, 4) is 0 Å². The molecule has 0 atom stereocenters. The van der Waals surface area contributed by atoms with Crippen molar-refractivity contribution in [2.24, 2.45) is 16.2 Å². The Hall–Kier alpha value is -3.07. The highest BCUT2D eigenvalue weighted by molar-refractivity contribution is 5.84. The van der Waals surface area contributed by atoms with Crippen LogP contribution in [-0.4, -0.2) is 17.3 Å². The molecule has 0 bridgehead atoms. The number of hydrogen-bond acceptors (Lipinski definition) is 3. The fraction of sp³-hybridized carbons (Fsp3) is 0.743. The predicted molar refractivity (Wildman–Crippen MR) is 348 cm³/mol. The average Bonchev–Trinajstić information content (AvgIpc) is 3.38. The molecule has 3 heteroatoms. The second kappa shape index (κ2) is 59.1. The van der Waals surface area contributed by atoms with Crippen molar-refractivity contribution in [3.05, 3.63) is 97.2 Å². The molecule has 446 valence electrons. The molecule has 0 aliphatic heterocycles. The van der Waals surface area contributed by atoms with E-state index in [4.69, 9.17) is 0 Å². The molecule has 0 aliphatic rings. The molecule has 0 spiro atoms. The maximum atomic E-state index is 11.8. The third-order valence-corrected chi connectivity index (χ3v) is 14.0. The summed E-state index contributed by atoms with van der Waals surface area (Å²) in [6.45, 7) is 24.8. The summed E-state index contributed by atoms with van der Waals surface area (Å²) in [5, 5.41) is 0. The maximum Gasteiger partial charge on any atom is 0.138 e. The second-order valence-electron chi connectivity index (χ2n) is 25.1. The molecule has 77 heavy (non-hydrogen) atoms. The van der Waals surface area contributed by atoms with Crippen LogP contribution >= 0.6 is 0 Å². The van der Waals surface area contributed by atoms with Crippen molar-refractivity contribution in [2.45, 2.75) is 340 Å². The van der Waals surface area contributed by atoms with Crippen LogP contribution in [0.2, 0.25) is 0 Å². The molecule has 0 amide bonds. The van der Waals surface area contributed by atoms with Crippen molar-refractivity contribution in [3.63, 3.8) is 0 Å². The largest absolute Gasteiger partial charge is 0.299 e. The fourth-order valence-corrected chi connectivity index (χ4v) is 8.44. The predicted octanol–water partition coefficient (Wildman–Crippen LogP) is 24.9. The van der Waals surface area contributed by atoms with E-state index >= 15 is 0 Å². The Bertz CT molecular complexity index is 1540. The Morgan fingerprint density at radius 2 is 0.442 bits per heavy atom. The summed E-state index contributed by atoms with van der Waals surface area (Å²) < 4.78 is 0. The molecule has 0 aliphatic carbocycles. The molecule has 0 rings (SSSR count). The van der Waals surface area contributed by atoms with E-state index in [2.05, 4.69) is 118 Å². The summed E-state index contributed by atoms with van der Waals surface area (Å²) in [4.78, 5) is 35.4. The lowest BCUT2D eigenvalue weighted by Crippen LogP contribution is -2.19. The first-order chi connectivity index (χ1) is 36.9. The molecular weight excluding hydrogens is 937 g/mol. The van der Waals surface area contributed by atoms with Gasteiger partial charge in [-0.1, -0.05) is 328 Å². The number of ketones is 3. The van der Waals surface area contributed by atoms with Crippen molar-refractivity contribution in [1.82, 2.24) is 0 Å². The van der Waals surface area contributed by atoms with Gasteiger partial charge in [0, 0.05) is 35.5 Å². The molecule has 0 aromatic rings. The minimum absolute atomic E-state index is 0.145. The lowest BCUT2D eigenvalue weighted by molar-refractivity contribution is -0.127. The molecule has 0 N–H and O–H groups in total. The van der Waals surface area contributed by atoms with Crippen LogP contribution in [0.1, 0.15) is 340 Å². The van der Waals surface area contributed by atoms with Gasteiger partial charge in [-0.05, 0) is 89.9 Å². The first-order valence-corrected chi connectivity index (χ1v) is 32.7. The first-order valence-electron chi connectivity index (χ1n) is 32.7. The number of hydrogen-bond donors (Lipinski definition) is 0. The minimum Gasteiger partial charge on any atom is -0.299 e. The monoisotopic (exact) mass is 1070 g/mol. The molecule has 0 fully saturated rings. The van der Waals surface area contributed by atoms with E-state index in [1.54, 1.807) is 0 Å². The fourth-order valence-electron chi connectivity index (χ4n) is 8.44. The molecule has 3 nitrogen and oxygen atoms in total. The van der Waals surface area contributed by atoms with E-state index in [9.17, 15) is 14.4 Å². The highest BCUT2D eigenvalue weighted by Crippen LogP contribution is 2.22. The molecule has 0 aromatic heterocycles. The minimum atomic E-state index is -0.211. The van der Waals surface area contributed by atoms with Gasteiger partial charge in [0.05, 0.1) is 0 Å². The lowest BCUT2D eigenvalue weighted by Gasteiger charge is -2.16. The van der Waals surface area contributed by atoms with Crippen LogP contribution in [0.15, 0.2) is 97.2 Å². The Kier molecular flexibility index (Phi) is 60.0. The van der Waals surface area contributed by atoms with Gasteiger partial charge in [0.2, 0.25) is 0 Å². The van der Waals surface area contributed by atoms with Crippen molar-refractivity contribution >= 4 is 17.3 Å². The summed E-state index contributed by atoms with van der Waals surface area (Å²) >= 11 is 0. The van der Waals surface area contributed by atoms with Crippen molar-refractivity contribution in [2.75, 3.05) is 0 Å². The van der Waals surface area contributed by atoms with E-state index in [0.29, 0.717) is 23.8 Å². The zero-order valence-corrected chi connectivity index (χ0v) is 53.7. The maximum absolute atomic E-state index is 11.8. The topological polar surface area (TPSA) is 51.2 Å². The van der Waals surface area contributed by atoms with E-state index in [-0.39, 0.29) is 16.2 Å². The molecule has 0 aromatic carbocycles. The molecule has 0 saturated carbocycles. The van der Waals surface area contributed by atoms with E-state index < -0.39 is 0 Å². The highest BCUT2D eigenvalue weighted by atomic mass is 16.1. The molecule has 0 saturated heterocycles. The first kappa shape index (κ1) is 78.2. The number of Topliss-reactive ketones (excluding diaryl/α,β-unsaturated/α-hetero) is 3. The third-order valence-electron chi connectivity index (χ3n) is 14.0. The summed E-state index contributed by atoms with van der Waals surface area (Å²) in [5.74, 6) is 1.17. The van der Waals surface area contributed by atoms with Gasteiger partial charge in [0.1, 0.15) is 17.3 Å². The summed E-state index contributed by atoms with van der Waals surface area (Å²) in [6, 6.07) is 0. The van der Waals surface area contributed by atoms with Gasteiger partial charge in [0.15, 0.2) is 0 Å². The Morgan fingerprint density at radius 3 is 0.727 bits per heavy atom. The number of rotatable bonds is 48. The molecule has 0 radical (unpaired) electrons. The van der Waals surface area contributed by atoms with Crippen LogP contribution in [0.3, 0.4) is 0 Å². The zero-order valence-electron chi connectivity index (χ0n) is 53.7. The smallest absolute Gasteiger partial charge is 0.138 e. The van der Waals surface area contributed by atoms with Crippen LogP contribution in [-0.2, 0) is 14.4 Å². The Balaban J connectivity index is -0.00000107. The molecule has 0 unspecified atom stereocenters. The third kappa shape index (κ3) is 67.1. The number of allylic oxidation sites excluding steroid dienone is 16. The van der Waals surface area contributed by atoms with Crippen LogP contribution in [0, 0.1) is 16.2 Å². The van der Waals surface area contributed by atoms with Gasteiger partial charge in [0.25, 0.3) is 0 Å². The zero-order chi connectivity index (χ0) is 57.8. The standard InChI is InChI=1S/C26H52O.C26H40O.C22H40O/c2*1-5-6-7-8-9-10-11-12-13-14-15-16-17-18-19-20-21-22-23-24-25(27)26(2,3)4;1-5-6-7-8-9-10-11-12-13-14-15-16-17-18-19-20-21(23)22(2,3)4/h5-24H2,1-4H3;6-7,9-10,12-13,15-16,18-19,21-22H,5,8,11,14,17,20,23-24H2,1-4H3;9-10,12-13H,5-8,11,14-20H2,1-4H3/b;7-6-,10-9-,13-12-,16-15-,19-18-,22-21-;10-9-,13-12-. The highest BCUT2D eigenvalue weighted by Gasteiger charge is 2.21. The summed E-state index contributed by atoms with van der Waals surface area (Å²) in [6.07, 6.45) is 84.9. The molecular formula is C74H132O3. The number of carbonyl (C=O) groups excluding carboxylic acids is 3. The average molecular weight is 1070 g/mol. The summed E-state index contributed by atoms with van der Waals surface area (Å²) in [5.41, 5.74) is -0.513. The van der Waals surface area contributed by atoms with Gasteiger partial charge < -0.3 is 0 Å².